The molecule has 6 nitrogen and oxygen atoms in total. The molecular formula is C23H26N2O4S. The van der Waals surface area contributed by atoms with Gasteiger partial charge < -0.3 is 14.3 Å². The summed E-state index contributed by atoms with van der Waals surface area (Å²) in [7, 11) is 1.37. The van der Waals surface area contributed by atoms with Gasteiger partial charge in [-0.05, 0) is 74.5 Å². The number of ether oxygens (including phenoxy) is 1. The molecule has 0 aliphatic carbocycles. The van der Waals surface area contributed by atoms with Crippen molar-refractivity contribution in [2.45, 2.75) is 32.4 Å². The molecule has 1 aliphatic heterocycles. The number of aryl methyl sites for hydroxylation is 1. The zero-order chi connectivity index (χ0) is 21.1. The van der Waals surface area contributed by atoms with Crippen molar-refractivity contribution in [3.05, 3.63) is 63.7 Å². The lowest BCUT2D eigenvalue weighted by atomic mass is 9.90. The first-order chi connectivity index (χ1) is 14.5. The predicted octanol–water partition coefficient (Wildman–Crippen LogP) is 4.44. The van der Waals surface area contributed by atoms with Gasteiger partial charge in [0.2, 0.25) is 5.89 Å². The summed E-state index contributed by atoms with van der Waals surface area (Å²) in [6.07, 6.45) is 1.58. The van der Waals surface area contributed by atoms with Gasteiger partial charge in [0.15, 0.2) is 0 Å². The van der Waals surface area contributed by atoms with Crippen molar-refractivity contribution < 1.29 is 19.1 Å². The number of thiophene rings is 1. The lowest BCUT2D eigenvalue weighted by Crippen LogP contribution is -2.35. The van der Waals surface area contributed by atoms with Gasteiger partial charge in [-0.3, -0.25) is 4.90 Å². The van der Waals surface area contributed by atoms with Crippen LogP contribution >= 0.6 is 11.3 Å². The Morgan fingerprint density at radius 1 is 1.30 bits per heavy atom. The van der Waals surface area contributed by atoms with E-state index in [1.807, 2.05) is 36.6 Å². The molecule has 158 valence electrons. The van der Waals surface area contributed by atoms with Crippen LogP contribution in [0.5, 0.6) is 0 Å². The van der Waals surface area contributed by atoms with Crippen LogP contribution in [-0.4, -0.2) is 41.2 Å². The Bertz CT molecular complexity index is 973. The van der Waals surface area contributed by atoms with Crippen LogP contribution in [-0.2, 0) is 11.3 Å². The first kappa shape index (κ1) is 20.8. The van der Waals surface area contributed by atoms with E-state index in [-0.39, 0.29) is 12.1 Å². The van der Waals surface area contributed by atoms with Crippen LogP contribution in [0.2, 0.25) is 0 Å². The molecule has 7 heteroatoms. The summed E-state index contributed by atoms with van der Waals surface area (Å²) in [6, 6.07) is 11.1. The lowest BCUT2D eigenvalue weighted by Gasteiger charge is -2.33. The van der Waals surface area contributed by atoms with Crippen molar-refractivity contribution in [3.63, 3.8) is 0 Å². The minimum absolute atomic E-state index is 0.308. The van der Waals surface area contributed by atoms with E-state index >= 15 is 0 Å². The SMILES string of the molecule is COC(=O)c1ccc(-c2nc(CN3CCC([C@H](O)c4cccs4)CC3)c(C)o2)cc1. The molecule has 0 saturated carbocycles. The van der Waals surface area contributed by atoms with Crippen LogP contribution in [0.3, 0.4) is 0 Å². The van der Waals surface area contributed by atoms with E-state index in [1.54, 1.807) is 23.5 Å². The molecule has 0 spiro atoms. The number of esters is 1. The van der Waals surface area contributed by atoms with Gasteiger partial charge in [0, 0.05) is 17.0 Å². The first-order valence-electron chi connectivity index (χ1n) is 10.1. The number of hydrogen-bond donors (Lipinski definition) is 1. The van der Waals surface area contributed by atoms with Crippen molar-refractivity contribution in [1.82, 2.24) is 9.88 Å². The van der Waals surface area contributed by atoms with Crippen LogP contribution in [0.4, 0.5) is 0 Å². The van der Waals surface area contributed by atoms with E-state index in [2.05, 4.69) is 4.90 Å². The van der Waals surface area contributed by atoms with E-state index in [0.29, 0.717) is 17.4 Å². The van der Waals surface area contributed by atoms with E-state index in [9.17, 15) is 9.90 Å². The van der Waals surface area contributed by atoms with E-state index in [0.717, 1.165) is 54.4 Å². The summed E-state index contributed by atoms with van der Waals surface area (Å²) >= 11 is 1.62. The second kappa shape index (κ2) is 9.12. The molecule has 1 fully saturated rings. The Morgan fingerprint density at radius 2 is 2.03 bits per heavy atom. The maximum atomic E-state index is 11.6. The van der Waals surface area contributed by atoms with Crippen LogP contribution in [0.15, 0.2) is 46.2 Å². The Morgan fingerprint density at radius 3 is 2.67 bits per heavy atom. The summed E-state index contributed by atoms with van der Waals surface area (Å²) in [5, 5.41) is 12.6. The number of aliphatic hydroxyl groups excluding tert-OH is 1. The summed E-state index contributed by atoms with van der Waals surface area (Å²) in [4.78, 5) is 19.7. The monoisotopic (exact) mass is 426 g/mol. The number of carbonyl (C=O) groups is 1. The molecule has 30 heavy (non-hydrogen) atoms. The van der Waals surface area contributed by atoms with Crippen LogP contribution in [0.25, 0.3) is 11.5 Å². The average Bonchev–Trinajstić information content (AvgIpc) is 3.44. The zero-order valence-electron chi connectivity index (χ0n) is 17.2. The molecule has 1 aromatic carbocycles. The Kier molecular flexibility index (Phi) is 6.32. The quantitative estimate of drug-likeness (QED) is 0.587. The van der Waals surface area contributed by atoms with Crippen molar-refractivity contribution in [2.24, 2.45) is 5.92 Å². The van der Waals surface area contributed by atoms with Gasteiger partial charge in [-0.1, -0.05) is 6.07 Å². The fourth-order valence-corrected chi connectivity index (χ4v) is 4.70. The zero-order valence-corrected chi connectivity index (χ0v) is 18.0. The number of aliphatic hydroxyl groups is 1. The predicted molar refractivity (Wildman–Crippen MR) is 115 cm³/mol. The summed E-state index contributed by atoms with van der Waals surface area (Å²) in [5.74, 6) is 1.31. The van der Waals surface area contributed by atoms with Crippen molar-refractivity contribution in [1.29, 1.82) is 0 Å². The number of aromatic nitrogens is 1. The van der Waals surface area contributed by atoms with Crippen LogP contribution in [0.1, 0.15) is 45.6 Å². The maximum absolute atomic E-state index is 11.6. The van der Waals surface area contributed by atoms with Gasteiger partial charge in [0.1, 0.15) is 5.76 Å². The molecule has 0 radical (unpaired) electrons. The summed E-state index contributed by atoms with van der Waals surface area (Å²) in [6.45, 7) is 4.53. The molecule has 0 amide bonds. The van der Waals surface area contributed by atoms with Gasteiger partial charge in [0.25, 0.3) is 0 Å². The van der Waals surface area contributed by atoms with Crippen LogP contribution < -0.4 is 0 Å². The van der Waals surface area contributed by atoms with Crippen LogP contribution in [0, 0.1) is 12.8 Å². The van der Waals surface area contributed by atoms with E-state index < -0.39 is 0 Å². The van der Waals surface area contributed by atoms with Gasteiger partial charge in [-0.15, -0.1) is 11.3 Å². The fraction of sp³-hybridized carbons (Fsp3) is 0.391. The van der Waals surface area contributed by atoms with E-state index in [4.69, 9.17) is 14.1 Å². The fourth-order valence-electron chi connectivity index (χ4n) is 3.90. The third-order valence-corrected chi connectivity index (χ3v) is 6.68. The van der Waals surface area contributed by atoms with Crippen molar-refractivity contribution in [2.75, 3.05) is 20.2 Å². The highest BCUT2D eigenvalue weighted by Gasteiger charge is 2.27. The van der Waals surface area contributed by atoms with Gasteiger partial charge >= 0.3 is 5.97 Å². The molecule has 1 N–H and O–H groups in total. The molecule has 3 aromatic rings. The number of benzene rings is 1. The highest BCUT2D eigenvalue weighted by molar-refractivity contribution is 7.10. The minimum Gasteiger partial charge on any atom is -0.465 e. The second-order valence-corrected chi connectivity index (χ2v) is 8.64. The van der Waals surface area contributed by atoms with Crippen molar-refractivity contribution in [3.8, 4) is 11.5 Å². The third kappa shape index (κ3) is 4.48. The highest BCUT2D eigenvalue weighted by atomic mass is 32.1. The highest BCUT2D eigenvalue weighted by Crippen LogP contribution is 2.33. The molecule has 2 aromatic heterocycles. The Labute approximate surface area is 180 Å². The van der Waals surface area contributed by atoms with Crippen molar-refractivity contribution >= 4 is 17.3 Å². The molecule has 4 rings (SSSR count). The lowest BCUT2D eigenvalue weighted by molar-refractivity contribution is 0.0586. The molecule has 0 unspecified atom stereocenters. The number of rotatable bonds is 6. The number of likely N-dealkylation sites (tertiary alicyclic amines) is 1. The largest absolute Gasteiger partial charge is 0.465 e. The standard InChI is InChI=1S/C23H26N2O4S/c1-15-19(24-22(29-15)17-5-7-18(8-6-17)23(27)28-2)14-25-11-9-16(10-12-25)21(26)20-4-3-13-30-20/h3-8,13,16,21,26H,9-12,14H2,1-2H3/t21-/m0/s1. The van der Waals surface area contributed by atoms with E-state index in [1.165, 1.54) is 7.11 Å². The number of oxazole rings is 1. The van der Waals surface area contributed by atoms with Gasteiger partial charge in [-0.25, -0.2) is 9.78 Å². The normalized spacial score (nSPS) is 16.5. The minimum atomic E-state index is -0.363. The molecule has 1 atom stereocenters. The first-order valence-corrected chi connectivity index (χ1v) is 11.0. The maximum Gasteiger partial charge on any atom is 0.337 e. The number of carbonyl (C=O) groups excluding carboxylic acids is 1. The second-order valence-electron chi connectivity index (χ2n) is 7.66. The third-order valence-electron chi connectivity index (χ3n) is 5.73. The Hall–Kier alpha value is -2.48. The number of piperidine rings is 1. The number of nitrogens with zero attached hydrogens (tertiary/aromatic N) is 2. The smallest absolute Gasteiger partial charge is 0.337 e. The summed E-state index contributed by atoms with van der Waals surface area (Å²) < 4.78 is 10.6. The van der Waals surface area contributed by atoms with Gasteiger partial charge in [0.05, 0.1) is 24.5 Å². The molecular weight excluding hydrogens is 400 g/mol. The number of methoxy groups -OCH3 is 1. The molecule has 1 aliphatic rings. The average molecular weight is 427 g/mol. The number of hydrogen-bond acceptors (Lipinski definition) is 7. The van der Waals surface area contributed by atoms with Gasteiger partial charge in [-0.2, -0.15) is 0 Å². The molecule has 3 heterocycles. The topological polar surface area (TPSA) is 75.8 Å². The Balaban J connectivity index is 1.37. The molecule has 0 bridgehead atoms. The molecule has 1 saturated heterocycles. The summed E-state index contributed by atoms with van der Waals surface area (Å²) in [5.41, 5.74) is 2.26.